The summed E-state index contributed by atoms with van der Waals surface area (Å²) in [6.45, 7) is 7.66. The Morgan fingerprint density at radius 1 is 1.00 bits per heavy atom. The van der Waals surface area contributed by atoms with Crippen molar-refractivity contribution in [3.63, 3.8) is 0 Å². The molecule has 16 heteroatoms. The summed E-state index contributed by atoms with van der Waals surface area (Å²) in [5, 5.41) is 18.7. The van der Waals surface area contributed by atoms with Gasteiger partial charge in [-0.05, 0) is 44.2 Å². The van der Waals surface area contributed by atoms with Crippen LogP contribution in [0.15, 0.2) is 47.0 Å². The molecule has 0 fully saturated rings. The lowest BCUT2D eigenvalue weighted by Crippen LogP contribution is -2.32. The van der Waals surface area contributed by atoms with Crippen LogP contribution >= 0.6 is 0 Å². The van der Waals surface area contributed by atoms with Crippen LogP contribution in [-0.4, -0.2) is 66.8 Å². The van der Waals surface area contributed by atoms with Crippen LogP contribution in [0.25, 0.3) is 0 Å². The molecular weight excluding hydrogens is 554 g/mol. The summed E-state index contributed by atoms with van der Waals surface area (Å²) in [5.74, 6) is -3.59. The molecule has 0 saturated heterocycles. The molecule has 1 aliphatic rings. The lowest BCUT2D eigenvalue weighted by molar-refractivity contribution is -0.193. The number of carboxylic acid groups (broad SMARTS) is 2. The highest BCUT2D eigenvalue weighted by molar-refractivity contribution is 5.73. The van der Waals surface area contributed by atoms with E-state index in [1.54, 1.807) is 0 Å². The van der Waals surface area contributed by atoms with Gasteiger partial charge in [0.25, 0.3) is 0 Å². The number of rotatable bonds is 5. The summed E-state index contributed by atoms with van der Waals surface area (Å²) in [4.78, 5) is 24.7. The summed E-state index contributed by atoms with van der Waals surface area (Å²) in [5.41, 5.74) is 3.17. The van der Waals surface area contributed by atoms with Crippen LogP contribution in [0.3, 0.4) is 0 Å². The molecule has 1 aliphatic heterocycles. The summed E-state index contributed by atoms with van der Waals surface area (Å²) >= 11 is 0. The highest BCUT2D eigenvalue weighted by atomic mass is 19.4. The highest BCUT2D eigenvalue weighted by Gasteiger charge is 2.38. The maximum absolute atomic E-state index is 10.6. The second-order valence-electron chi connectivity index (χ2n) is 8.50. The van der Waals surface area contributed by atoms with Crippen molar-refractivity contribution in [1.29, 1.82) is 0 Å². The summed E-state index contributed by atoms with van der Waals surface area (Å²) < 4.78 is 77.5. The lowest BCUT2D eigenvalue weighted by Gasteiger charge is -2.23. The van der Waals surface area contributed by atoms with Gasteiger partial charge in [-0.3, -0.25) is 14.6 Å². The van der Waals surface area contributed by atoms with Gasteiger partial charge in [-0.25, -0.2) is 9.59 Å². The van der Waals surface area contributed by atoms with Crippen molar-refractivity contribution in [3.8, 4) is 0 Å². The maximum atomic E-state index is 10.6. The SMILES string of the molecule is Cc1cccc(COC2CN(Cc3ccc(C)o3)Cc3ccnn3C2)n1.O=C(O)C(F)(F)F.O=C(O)C(F)(F)F. The molecule has 40 heavy (non-hydrogen) atoms. The van der Waals surface area contributed by atoms with Crippen molar-refractivity contribution < 1.29 is 55.3 Å². The van der Waals surface area contributed by atoms with Gasteiger partial charge in [0.2, 0.25) is 0 Å². The zero-order valence-electron chi connectivity index (χ0n) is 21.2. The quantitative estimate of drug-likeness (QED) is 0.423. The molecule has 0 saturated carbocycles. The third-order valence-electron chi connectivity index (χ3n) is 5.10. The van der Waals surface area contributed by atoms with Crippen LogP contribution < -0.4 is 0 Å². The maximum Gasteiger partial charge on any atom is 0.490 e. The van der Waals surface area contributed by atoms with Crippen molar-refractivity contribution in [2.75, 3.05) is 6.54 Å². The van der Waals surface area contributed by atoms with Gasteiger partial charge in [0.15, 0.2) is 0 Å². The Bertz CT molecular complexity index is 1230. The van der Waals surface area contributed by atoms with Crippen LogP contribution in [0.5, 0.6) is 0 Å². The number of carbonyl (C=O) groups is 2. The number of halogens is 6. The first-order chi connectivity index (χ1) is 18.5. The van der Waals surface area contributed by atoms with Gasteiger partial charge in [-0.2, -0.15) is 31.4 Å². The Hall–Kier alpha value is -3.92. The number of alkyl halides is 6. The van der Waals surface area contributed by atoms with E-state index in [1.165, 1.54) is 5.69 Å². The first-order valence-electron chi connectivity index (χ1n) is 11.5. The van der Waals surface area contributed by atoms with E-state index in [9.17, 15) is 26.3 Å². The van der Waals surface area contributed by atoms with Crippen LogP contribution in [0, 0.1) is 13.8 Å². The Kier molecular flexibility index (Phi) is 11.2. The van der Waals surface area contributed by atoms with E-state index in [0.717, 1.165) is 49.1 Å². The van der Waals surface area contributed by atoms with Gasteiger partial charge in [0.05, 0.1) is 37.2 Å². The third-order valence-corrected chi connectivity index (χ3v) is 5.10. The number of nitrogens with zero attached hydrogens (tertiary/aromatic N) is 4. The summed E-state index contributed by atoms with van der Waals surface area (Å²) in [6, 6.07) is 12.2. The molecule has 1 unspecified atom stereocenters. The first-order valence-corrected chi connectivity index (χ1v) is 11.5. The van der Waals surface area contributed by atoms with Gasteiger partial charge < -0.3 is 19.4 Å². The zero-order chi connectivity index (χ0) is 30.1. The molecule has 0 amide bonds. The number of aromatic nitrogens is 3. The number of furan rings is 1. The topological polar surface area (TPSA) is 131 Å². The van der Waals surface area contributed by atoms with Crippen molar-refractivity contribution in [2.45, 2.75) is 58.5 Å². The molecule has 0 spiro atoms. The Morgan fingerprint density at radius 2 is 1.62 bits per heavy atom. The Labute approximate surface area is 223 Å². The van der Waals surface area contributed by atoms with Crippen LogP contribution in [0.1, 0.15) is 28.6 Å². The van der Waals surface area contributed by atoms with E-state index in [2.05, 4.69) is 21.0 Å². The van der Waals surface area contributed by atoms with Crippen LogP contribution in [0.2, 0.25) is 0 Å². The van der Waals surface area contributed by atoms with E-state index < -0.39 is 24.3 Å². The zero-order valence-corrected chi connectivity index (χ0v) is 21.2. The fraction of sp³-hybridized carbons (Fsp3) is 0.417. The van der Waals surface area contributed by atoms with E-state index in [0.29, 0.717) is 6.61 Å². The number of hydrogen-bond acceptors (Lipinski definition) is 7. The molecule has 0 radical (unpaired) electrons. The molecule has 1 atom stereocenters. The van der Waals surface area contributed by atoms with E-state index in [1.807, 2.05) is 55.1 Å². The standard InChI is InChI=1S/C20H24N4O2.2C2HF3O2/c1-15-4-3-5-17(22-15)14-25-20-12-23(11-19-7-6-16(2)26-19)10-18-8-9-21-24(18)13-20;2*3-2(4,5)1(6)7/h3-9,20H,10-14H2,1-2H3;2*(H,6,7). The second kappa shape index (κ2) is 13.9. The minimum Gasteiger partial charge on any atom is -0.475 e. The molecule has 0 aromatic carbocycles. The predicted octanol–water partition coefficient (Wildman–Crippen LogP) is 4.36. The van der Waals surface area contributed by atoms with Crippen molar-refractivity contribution in [3.05, 3.63) is 71.2 Å². The minimum atomic E-state index is -5.08. The van der Waals surface area contributed by atoms with Crippen LogP contribution in [0.4, 0.5) is 26.3 Å². The van der Waals surface area contributed by atoms with Crippen molar-refractivity contribution in [1.82, 2.24) is 19.7 Å². The van der Waals surface area contributed by atoms with Gasteiger partial charge in [-0.1, -0.05) is 6.07 Å². The Balaban J connectivity index is 0.000000333. The number of ether oxygens (including phenoxy) is 1. The minimum absolute atomic E-state index is 0.0505. The predicted molar refractivity (Wildman–Crippen MR) is 125 cm³/mol. The summed E-state index contributed by atoms with van der Waals surface area (Å²) in [7, 11) is 0. The molecular formula is C24H26F6N4O6. The monoisotopic (exact) mass is 580 g/mol. The second-order valence-corrected chi connectivity index (χ2v) is 8.50. The molecule has 4 rings (SSSR count). The number of pyridine rings is 1. The Morgan fingerprint density at radius 3 is 2.15 bits per heavy atom. The van der Waals surface area contributed by atoms with Gasteiger partial charge in [-0.15, -0.1) is 0 Å². The van der Waals surface area contributed by atoms with Gasteiger partial charge in [0.1, 0.15) is 11.5 Å². The van der Waals surface area contributed by atoms with Gasteiger partial charge in [0, 0.05) is 25.0 Å². The molecule has 2 N–H and O–H groups in total. The number of aryl methyl sites for hydroxylation is 2. The van der Waals surface area contributed by atoms with Crippen LogP contribution in [-0.2, 0) is 40.6 Å². The van der Waals surface area contributed by atoms with E-state index in [-0.39, 0.29) is 6.10 Å². The average molecular weight is 580 g/mol. The molecule has 4 heterocycles. The fourth-order valence-corrected chi connectivity index (χ4v) is 3.39. The number of carboxylic acids is 2. The summed E-state index contributed by atoms with van der Waals surface area (Å²) in [6.07, 6.45) is -8.26. The molecule has 0 aliphatic carbocycles. The third kappa shape index (κ3) is 11.1. The molecule has 10 nitrogen and oxygen atoms in total. The van der Waals surface area contributed by atoms with E-state index in [4.69, 9.17) is 29.0 Å². The largest absolute Gasteiger partial charge is 0.490 e. The van der Waals surface area contributed by atoms with Gasteiger partial charge >= 0.3 is 24.3 Å². The van der Waals surface area contributed by atoms with Crippen molar-refractivity contribution >= 4 is 11.9 Å². The lowest BCUT2D eigenvalue weighted by atomic mass is 10.3. The molecule has 0 bridgehead atoms. The molecule has 3 aromatic rings. The fourth-order valence-electron chi connectivity index (χ4n) is 3.39. The first kappa shape index (κ1) is 32.3. The highest BCUT2D eigenvalue weighted by Crippen LogP contribution is 2.19. The molecule has 3 aromatic heterocycles. The average Bonchev–Trinajstić information content (AvgIpc) is 3.41. The number of aliphatic carboxylic acids is 2. The number of hydrogen-bond donors (Lipinski definition) is 2. The molecule has 220 valence electrons. The normalized spacial score (nSPS) is 15.6. The van der Waals surface area contributed by atoms with Crippen molar-refractivity contribution in [2.24, 2.45) is 0 Å². The number of fused-ring (bicyclic) bond motifs is 1. The smallest absolute Gasteiger partial charge is 0.475 e. The van der Waals surface area contributed by atoms with E-state index >= 15 is 0 Å².